The van der Waals surface area contributed by atoms with E-state index in [0.29, 0.717) is 9.39 Å². The molecule has 2 aromatic rings. The van der Waals surface area contributed by atoms with Gasteiger partial charge in [-0.1, -0.05) is 12.1 Å². The van der Waals surface area contributed by atoms with Crippen molar-refractivity contribution in [1.29, 1.82) is 5.26 Å². The third kappa shape index (κ3) is 2.33. The van der Waals surface area contributed by atoms with Crippen LogP contribution in [0.5, 0.6) is 0 Å². The molecule has 18 heavy (non-hydrogen) atoms. The summed E-state index contributed by atoms with van der Waals surface area (Å²) in [7, 11) is 0. The van der Waals surface area contributed by atoms with Gasteiger partial charge in [0.1, 0.15) is 9.77 Å². The predicted molar refractivity (Wildman–Crippen MR) is 66.0 cm³/mol. The van der Waals surface area contributed by atoms with Crippen molar-refractivity contribution in [2.24, 2.45) is 0 Å². The van der Waals surface area contributed by atoms with Gasteiger partial charge < -0.3 is 0 Å². The highest BCUT2D eigenvalue weighted by molar-refractivity contribution is 14.1. The Bertz CT molecular complexity index is 625. The van der Waals surface area contributed by atoms with Crippen molar-refractivity contribution in [3.63, 3.8) is 0 Å². The Balaban J connectivity index is 2.59. The van der Waals surface area contributed by atoms with Crippen LogP contribution in [-0.4, -0.2) is 9.78 Å². The van der Waals surface area contributed by atoms with Gasteiger partial charge in [-0.05, 0) is 34.7 Å². The fraction of sp³-hybridized carbons (Fsp3) is 0.0909. The second-order valence-electron chi connectivity index (χ2n) is 3.39. The molecule has 1 aromatic carbocycles. The zero-order chi connectivity index (χ0) is 13.3. The van der Waals surface area contributed by atoms with Crippen LogP contribution in [0.2, 0.25) is 0 Å². The average molecular weight is 363 g/mol. The molecular weight excluding hydrogens is 358 g/mol. The summed E-state index contributed by atoms with van der Waals surface area (Å²) in [5.41, 5.74) is -0.369. The van der Waals surface area contributed by atoms with E-state index in [1.807, 2.05) is 6.07 Å². The fourth-order valence-corrected chi connectivity index (χ4v) is 2.08. The third-order valence-corrected chi connectivity index (χ3v) is 2.98. The molecule has 0 atom stereocenters. The van der Waals surface area contributed by atoms with Crippen LogP contribution in [0.25, 0.3) is 5.69 Å². The maximum atomic E-state index is 12.5. The molecule has 0 radical (unpaired) electrons. The summed E-state index contributed by atoms with van der Waals surface area (Å²) in [6, 6.07) is 9.22. The molecule has 0 saturated heterocycles. The van der Waals surface area contributed by atoms with Gasteiger partial charge in [0.05, 0.1) is 11.3 Å². The fourth-order valence-electron chi connectivity index (χ4n) is 1.42. The van der Waals surface area contributed by atoms with Crippen LogP contribution in [0.15, 0.2) is 30.3 Å². The van der Waals surface area contributed by atoms with Crippen LogP contribution >= 0.6 is 22.6 Å². The molecule has 0 unspecified atom stereocenters. The van der Waals surface area contributed by atoms with E-state index < -0.39 is 11.9 Å². The molecule has 92 valence electrons. The minimum absolute atomic E-state index is 0.271. The summed E-state index contributed by atoms with van der Waals surface area (Å²) in [4.78, 5) is 0. The second-order valence-corrected chi connectivity index (χ2v) is 4.50. The van der Waals surface area contributed by atoms with Crippen molar-refractivity contribution in [1.82, 2.24) is 9.78 Å². The summed E-state index contributed by atoms with van der Waals surface area (Å²) in [5.74, 6) is 0. The maximum absolute atomic E-state index is 12.5. The van der Waals surface area contributed by atoms with Crippen LogP contribution in [0.3, 0.4) is 0 Å². The molecule has 0 bridgehead atoms. The number of aromatic nitrogens is 2. The van der Waals surface area contributed by atoms with Gasteiger partial charge >= 0.3 is 6.18 Å². The van der Waals surface area contributed by atoms with Crippen LogP contribution in [0, 0.1) is 15.0 Å². The Labute approximate surface area is 114 Å². The highest BCUT2D eigenvalue weighted by Gasteiger charge is 2.35. The highest BCUT2D eigenvalue weighted by Crippen LogP contribution is 2.30. The predicted octanol–water partition coefficient (Wildman–Crippen LogP) is 3.37. The lowest BCUT2D eigenvalue weighted by Crippen LogP contribution is -2.08. The Kier molecular flexibility index (Phi) is 3.30. The number of para-hydroxylation sites is 1. The first-order valence-corrected chi connectivity index (χ1v) is 5.83. The SMILES string of the molecule is N#Cc1ccccc1-n1nc(C(F)(F)F)cc1I. The lowest BCUT2D eigenvalue weighted by molar-refractivity contribution is -0.141. The van der Waals surface area contributed by atoms with E-state index in [9.17, 15) is 13.2 Å². The lowest BCUT2D eigenvalue weighted by atomic mass is 10.2. The Hall–Kier alpha value is -1.56. The standard InChI is InChI=1S/C11H5F3IN3/c12-11(13,14)9-5-10(15)18(17-9)8-4-2-1-3-7(8)6-16/h1-5H. The first kappa shape index (κ1) is 12.9. The number of rotatable bonds is 1. The van der Waals surface area contributed by atoms with Gasteiger partial charge in [-0.25, -0.2) is 4.68 Å². The number of benzene rings is 1. The number of alkyl halides is 3. The third-order valence-electron chi connectivity index (χ3n) is 2.21. The van der Waals surface area contributed by atoms with E-state index in [4.69, 9.17) is 5.26 Å². The molecule has 0 N–H and O–H groups in total. The van der Waals surface area contributed by atoms with Crippen molar-refractivity contribution < 1.29 is 13.2 Å². The molecule has 0 aliphatic heterocycles. The molecule has 7 heteroatoms. The number of hydrogen-bond acceptors (Lipinski definition) is 2. The zero-order valence-corrected chi connectivity index (χ0v) is 10.9. The van der Waals surface area contributed by atoms with Gasteiger partial charge in [0.15, 0.2) is 5.69 Å². The maximum Gasteiger partial charge on any atom is 0.435 e. The monoisotopic (exact) mass is 363 g/mol. The second kappa shape index (κ2) is 4.61. The molecule has 2 rings (SSSR count). The number of nitriles is 1. The lowest BCUT2D eigenvalue weighted by Gasteiger charge is -2.05. The van der Waals surface area contributed by atoms with Gasteiger partial charge in [0.25, 0.3) is 0 Å². The number of nitrogens with zero attached hydrogens (tertiary/aromatic N) is 3. The molecule has 0 spiro atoms. The minimum atomic E-state index is -4.49. The molecule has 0 aliphatic carbocycles. The molecular formula is C11H5F3IN3. The number of halogens is 4. The summed E-state index contributed by atoms with van der Waals surface area (Å²) in [5, 5.41) is 12.4. The van der Waals surface area contributed by atoms with Gasteiger partial charge in [-0.2, -0.15) is 23.5 Å². The van der Waals surface area contributed by atoms with E-state index in [-0.39, 0.29) is 5.56 Å². The van der Waals surface area contributed by atoms with Crippen molar-refractivity contribution >= 4 is 22.6 Å². The summed E-state index contributed by atoms with van der Waals surface area (Å²) in [6.45, 7) is 0. The molecule has 0 amide bonds. The van der Waals surface area contributed by atoms with Gasteiger partial charge in [-0.15, -0.1) is 0 Å². The summed E-state index contributed by atoms with van der Waals surface area (Å²) < 4.78 is 39.0. The van der Waals surface area contributed by atoms with E-state index in [1.54, 1.807) is 40.8 Å². The summed E-state index contributed by atoms with van der Waals surface area (Å²) in [6.07, 6.45) is -4.49. The molecule has 1 heterocycles. The van der Waals surface area contributed by atoms with Crippen molar-refractivity contribution in [2.45, 2.75) is 6.18 Å². The Morgan fingerprint density at radius 3 is 2.50 bits per heavy atom. The van der Waals surface area contributed by atoms with Crippen LogP contribution in [0.1, 0.15) is 11.3 Å². The smallest absolute Gasteiger partial charge is 0.226 e. The molecule has 0 saturated carbocycles. The van der Waals surface area contributed by atoms with Gasteiger partial charge in [0.2, 0.25) is 0 Å². The van der Waals surface area contributed by atoms with E-state index in [0.717, 1.165) is 10.7 Å². The molecule has 0 aliphatic rings. The molecule has 3 nitrogen and oxygen atoms in total. The molecule has 1 aromatic heterocycles. The van der Waals surface area contributed by atoms with Crippen molar-refractivity contribution in [3.8, 4) is 11.8 Å². The number of hydrogen-bond donors (Lipinski definition) is 0. The summed E-state index contributed by atoms with van der Waals surface area (Å²) >= 11 is 1.75. The minimum Gasteiger partial charge on any atom is -0.226 e. The normalized spacial score (nSPS) is 11.3. The van der Waals surface area contributed by atoms with Crippen LogP contribution < -0.4 is 0 Å². The largest absolute Gasteiger partial charge is 0.435 e. The zero-order valence-electron chi connectivity index (χ0n) is 8.74. The van der Waals surface area contributed by atoms with Crippen LogP contribution in [0.4, 0.5) is 13.2 Å². The van der Waals surface area contributed by atoms with E-state index >= 15 is 0 Å². The van der Waals surface area contributed by atoms with Crippen molar-refractivity contribution in [3.05, 3.63) is 45.3 Å². The Morgan fingerprint density at radius 2 is 1.94 bits per heavy atom. The topological polar surface area (TPSA) is 41.6 Å². The van der Waals surface area contributed by atoms with Gasteiger partial charge in [-0.3, -0.25) is 0 Å². The quantitative estimate of drug-likeness (QED) is 0.730. The average Bonchev–Trinajstić information content (AvgIpc) is 2.71. The van der Waals surface area contributed by atoms with E-state index in [2.05, 4.69) is 5.10 Å². The molecule has 0 fully saturated rings. The van der Waals surface area contributed by atoms with E-state index in [1.165, 1.54) is 6.07 Å². The van der Waals surface area contributed by atoms with Gasteiger partial charge in [0, 0.05) is 6.07 Å². The van der Waals surface area contributed by atoms with Crippen molar-refractivity contribution in [2.75, 3.05) is 0 Å². The van der Waals surface area contributed by atoms with Crippen LogP contribution in [-0.2, 0) is 6.18 Å². The first-order valence-electron chi connectivity index (χ1n) is 4.76. The Morgan fingerprint density at radius 1 is 1.28 bits per heavy atom. The highest BCUT2D eigenvalue weighted by atomic mass is 127. The first-order chi connectivity index (χ1) is 8.43.